The Kier molecular flexibility index (Phi) is 4.14. The van der Waals surface area contributed by atoms with Crippen molar-refractivity contribution in [1.82, 2.24) is 4.90 Å². The molecule has 9 heteroatoms. The van der Waals surface area contributed by atoms with Gasteiger partial charge in [0.1, 0.15) is 22.9 Å². The lowest BCUT2D eigenvalue weighted by Crippen LogP contribution is -2.54. The highest BCUT2D eigenvalue weighted by molar-refractivity contribution is 6.26. The Balaban J connectivity index is 1.56. The van der Waals surface area contributed by atoms with E-state index in [1.54, 1.807) is 18.2 Å². The van der Waals surface area contributed by atoms with Crippen LogP contribution in [0.5, 0.6) is 11.5 Å². The highest BCUT2D eigenvalue weighted by Gasteiger charge is 2.74. The molecule has 3 amide bonds. The number of benzene rings is 2. The van der Waals surface area contributed by atoms with E-state index in [1.165, 1.54) is 32.4 Å². The van der Waals surface area contributed by atoms with Crippen LogP contribution in [0.25, 0.3) is 0 Å². The van der Waals surface area contributed by atoms with Crippen LogP contribution >= 0.6 is 0 Å². The molecule has 0 radical (unpaired) electrons. The molecule has 33 heavy (non-hydrogen) atoms. The minimum Gasteiger partial charge on any atom is -0.497 e. The molecule has 4 heterocycles. The number of methoxy groups -OCH3 is 2. The molecule has 4 aliphatic rings. The number of ether oxygens (including phenoxy) is 2. The van der Waals surface area contributed by atoms with E-state index in [1.807, 2.05) is 4.90 Å². The highest BCUT2D eigenvalue weighted by atomic mass is 19.1. The molecule has 0 saturated carbocycles. The number of hydrogen-bond donors (Lipinski definition) is 1. The van der Waals surface area contributed by atoms with Gasteiger partial charge in [0.05, 0.1) is 31.7 Å². The van der Waals surface area contributed by atoms with E-state index in [0.717, 1.165) is 11.3 Å². The van der Waals surface area contributed by atoms with Crippen molar-refractivity contribution in [1.29, 1.82) is 0 Å². The number of nitrogens with one attached hydrogen (secondary N) is 1. The van der Waals surface area contributed by atoms with E-state index in [-0.39, 0.29) is 23.5 Å². The van der Waals surface area contributed by atoms with E-state index < -0.39 is 29.1 Å². The molecule has 0 aliphatic carbocycles. The van der Waals surface area contributed by atoms with Crippen molar-refractivity contribution in [3.05, 3.63) is 47.8 Å². The first-order valence-corrected chi connectivity index (χ1v) is 10.9. The quantitative estimate of drug-likeness (QED) is 0.721. The van der Waals surface area contributed by atoms with Crippen molar-refractivity contribution in [2.24, 2.45) is 11.8 Å². The van der Waals surface area contributed by atoms with Gasteiger partial charge in [-0.2, -0.15) is 0 Å². The summed E-state index contributed by atoms with van der Waals surface area (Å²) in [5.41, 5.74) is -0.242. The number of amides is 3. The summed E-state index contributed by atoms with van der Waals surface area (Å²) in [6.07, 6.45) is 1.47. The Morgan fingerprint density at radius 3 is 2.64 bits per heavy atom. The Morgan fingerprint density at radius 2 is 1.88 bits per heavy atom. The monoisotopic (exact) mass is 451 g/mol. The molecule has 3 saturated heterocycles. The van der Waals surface area contributed by atoms with Crippen LogP contribution in [0.2, 0.25) is 0 Å². The standard InChI is InChI=1S/C24H22FN3O5/c1-32-13-6-8-18(33-2)17(11-13)28-21(29)19-16-4-3-9-27(16)24(20(19)22(28)30)14-10-12(25)5-7-15(14)26-23(24)31/h5-8,10-11,16,19-20H,3-4,9H2,1-2H3,(H,26,31)/t16-,19+,20+,24+/m0/s1. The Labute approximate surface area is 189 Å². The average Bonchev–Trinajstić information content (AvgIpc) is 3.52. The third-order valence-corrected chi connectivity index (χ3v) is 7.58. The fourth-order valence-corrected chi connectivity index (χ4v) is 6.38. The van der Waals surface area contributed by atoms with Gasteiger partial charge in [0.2, 0.25) is 17.7 Å². The van der Waals surface area contributed by atoms with Crippen molar-refractivity contribution in [3.63, 3.8) is 0 Å². The molecule has 4 atom stereocenters. The van der Waals surface area contributed by atoms with E-state index in [9.17, 15) is 18.8 Å². The zero-order valence-electron chi connectivity index (χ0n) is 18.1. The Hall–Kier alpha value is -3.46. The van der Waals surface area contributed by atoms with Gasteiger partial charge in [0.15, 0.2) is 0 Å². The molecule has 0 unspecified atom stereocenters. The maximum atomic E-state index is 14.4. The third-order valence-electron chi connectivity index (χ3n) is 7.58. The zero-order chi connectivity index (χ0) is 23.1. The van der Waals surface area contributed by atoms with E-state index in [0.29, 0.717) is 35.7 Å². The van der Waals surface area contributed by atoms with Crippen LogP contribution in [0.15, 0.2) is 36.4 Å². The minimum absolute atomic E-state index is 0.277. The highest BCUT2D eigenvalue weighted by Crippen LogP contribution is 2.61. The maximum absolute atomic E-state index is 14.4. The minimum atomic E-state index is -1.42. The molecular formula is C24H22FN3O5. The van der Waals surface area contributed by atoms with Crippen molar-refractivity contribution >= 4 is 29.1 Å². The second kappa shape index (κ2) is 6.77. The molecule has 8 nitrogen and oxygen atoms in total. The number of fused-ring (bicyclic) bond motifs is 7. The lowest BCUT2D eigenvalue weighted by Gasteiger charge is -2.36. The molecule has 0 aromatic heterocycles. The molecule has 1 N–H and O–H groups in total. The number of rotatable bonds is 3. The number of carbonyl (C=O) groups is 3. The number of hydrogen-bond acceptors (Lipinski definition) is 6. The van der Waals surface area contributed by atoms with Gasteiger partial charge in [-0.1, -0.05) is 0 Å². The van der Waals surface area contributed by atoms with Crippen LogP contribution in [0.3, 0.4) is 0 Å². The molecule has 3 fully saturated rings. The van der Waals surface area contributed by atoms with Gasteiger partial charge in [-0.25, -0.2) is 9.29 Å². The number of halogens is 1. The zero-order valence-corrected chi connectivity index (χ0v) is 18.1. The largest absolute Gasteiger partial charge is 0.497 e. The summed E-state index contributed by atoms with van der Waals surface area (Å²) < 4.78 is 25.1. The van der Waals surface area contributed by atoms with Crippen LogP contribution in [0, 0.1) is 17.7 Å². The van der Waals surface area contributed by atoms with Crippen LogP contribution < -0.4 is 19.7 Å². The third kappa shape index (κ3) is 2.35. The fourth-order valence-electron chi connectivity index (χ4n) is 6.38. The van der Waals surface area contributed by atoms with Gasteiger partial charge in [0, 0.05) is 23.4 Å². The first-order valence-electron chi connectivity index (χ1n) is 10.9. The van der Waals surface area contributed by atoms with Gasteiger partial charge in [-0.3, -0.25) is 19.3 Å². The molecule has 1 spiro atoms. The molecule has 6 rings (SSSR count). The van der Waals surface area contributed by atoms with Crippen molar-refractivity contribution in [3.8, 4) is 11.5 Å². The van der Waals surface area contributed by atoms with Crippen LogP contribution in [0.1, 0.15) is 18.4 Å². The fraction of sp³-hybridized carbons (Fsp3) is 0.375. The normalized spacial score (nSPS) is 30.0. The predicted molar refractivity (Wildman–Crippen MR) is 115 cm³/mol. The van der Waals surface area contributed by atoms with Gasteiger partial charge in [0.25, 0.3) is 0 Å². The van der Waals surface area contributed by atoms with Gasteiger partial charge >= 0.3 is 0 Å². The maximum Gasteiger partial charge on any atom is 0.250 e. The molecule has 170 valence electrons. The van der Waals surface area contributed by atoms with Crippen LogP contribution in [0.4, 0.5) is 15.8 Å². The van der Waals surface area contributed by atoms with Gasteiger partial charge < -0.3 is 14.8 Å². The summed E-state index contributed by atoms with van der Waals surface area (Å²) in [5.74, 6) is -2.61. The lowest BCUT2D eigenvalue weighted by molar-refractivity contribution is -0.135. The van der Waals surface area contributed by atoms with E-state index in [2.05, 4.69) is 5.32 Å². The summed E-state index contributed by atoms with van der Waals surface area (Å²) in [4.78, 5) is 44.5. The second-order valence-corrected chi connectivity index (χ2v) is 8.87. The van der Waals surface area contributed by atoms with Crippen LogP contribution in [-0.2, 0) is 19.9 Å². The topological polar surface area (TPSA) is 88.2 Å². The predicted octanol–water partition coefficient (Wildman–Crippen LogP) is 2.27. The Morgan fingerprint density at radius 1 is 1.06 bits per heavy atom. The number of nitrogens with zero attached hydrogens (tertiary/aromatic N) is 2. The van der Waals surface area contributed by atoms with Gasteiger partial charge in [-0.15, -0.1) is 0 Å². The second-order valence-electron chi connectivity index (χ2n) is 8.87. The Bertz CT molecular complexity index is 1230. The first-order chi connectivity index (χ1) is 15.9. The molecule has 0 bridgehead atoms. The summed E-state index contributed by atoms with van der Waals surface area (Å²) >= 11 is 0. The molecule has 2 aromatic rings. The molecule has 4 aliphatic heterocycles. The summed E-state index contributed by atoms with van der Waals surface area (Å²) in [5, 5.41) is 2.84. The van der Waals surface area contributed by atoms with Gasteiger partial charge in [-0.05, 0) is 49.7 Å². The lowest BCUT2D eigenvalue weighted by atomic mass is 9.75. The first kappa shape index (κ1) is 20.2. The average molecular weight is 451 g/mol. The number of imide groups is 1. The summed E-state index contributed by atoms with van der Waals surface area (Å²) in [7, 11) is 2.95. The summed E-state index contributed by atoms with van der Waals surface area (Å²) in [6.45, 7) is 0.560. The molecular weight excluding hydrogens is 429 g/mol. The van der Waals surface area contributed by atoms with Crippen molar-refractivity contribution in [2.45, 2.75) is 24.4 Å². The van der Waals surface area contributed by atoms with Crippen molar-refractivity contribution < 1.29 is 28.2 Å². The number of anilines is 2. The van der Waals surface area contributed by atoms with E-state index in [4.69, 9.17) is 9.47 Å². The number of carbonyl (C=O) groups excluding carboxylic acids is 3. The smallest absolute Gasteiger partial charge is 0.250 e. The SMILES string of the molecule is COc1ccc(OC)c(N2C(=O)[C@@H]3[C@@H]4CCCN4[C@@]4(C(=O)Nc5ccc(F)cc54)[C@H]3C2=O)c1. The van der Waals surface area contributed by atoms with Crippen molar-refractivity contribution in [2.75, 3.05) is 31.0 Å². The molecule has 2 aromatic carbocycles. The summed E-state index contributed by atoms with van der Waals surface area (Å²) in [6, 6.07) is 8.72. The van der Waals surface area contributed by atoms with E-state index >= 15 is 0 Å². The van der Waals surface area contributed by atoms with Crippen LogP contribution in [-0.4, -0.2) is 49.4 Å².